The lowest BCUT2D eigenvalue weighted by Crippen LogP contribution is -2.32. The van der Waals surface area contributed by atoms with Gasteiger partial charge in [0.05, 0.1) is 4.90 Å². The second-order valence-electron chi connectivity index (χ2n) is 3.39. The van der Waals surface area contributed by atoms with Gasteiger partial charge in [0, 0.05) is 19.7 Å². The molecule has 0 saturated carbocycles. The lowest BCUT2D eigenvalue weighted by molar-refractivity contribution is 0.271. The van der Waals surface area contributed by atoms with Gasteiger partial charge in [-0.3, -0.25) is 0 Å². The molecule has 1 aromatic carbocycles. The highest BCUT2D eigenvalue weighted by atomic mass is 32.2. The van der Waals surface area contributed by atoms with Gasteiger partial charge in [-0.1, -0.05) is 25.1 Å². The molecule has 5 heteroatoms. The minimum Gasteiger partial charge on any atom is -0.396 e. The van der Waals surface area contributed by atoms with Crippen LogP contribution < -0.4 is 0 Å². The van der Waals surface area contributed by atoms with E-state index in [2.05, 4.69) is 0 Å². The highest BCUT2D eigenvalue weighted by Gasteiger charge is 2.21. The minimum absolute atomic E-state index is 0.000803. The summed E-state index contributed by atoms with van der Waals surface area (Å²) in [6.07, 6.45) is 0.458. The largest absolute Gasteiger partial charge is 0.396 e. The lowest BCUT2D eigenvalue weighted by Gasteiger charge is -2.19. The number of hydrogen-bond acceptors (Lipinski definition) is 3. The van der Waals surface area contributed by atoms with Crippen molar-refractivity contribution in [1.82, 2.24) is 4.31 Å². The molecule has 0 aliphatic rings. The molecular formula is C11H17NO3S. The van der Waals surface area contributed by atoms with E-state index in [0.29, 0.717) is 24.4 Å². The fraction of sp³-hybridized carbons (Fsp3) is 0.455. The molecule has 0 aliphatic heterocycles. The summed E-state index contributed by atoms with van der Waals surface area (Å²) in [4.78, 5) is 0.301. The Bertz CT molecular complexity index is 402. The Morgan fingerprint density at radius 3 is 2.38 bits per heavy atom. The summed E-state index contributed by atoms with van der Waals surface area (Å²) in [5.41, 5.74) is 0. The first-order valence-corrected chi connectivity index (χ1v) is 6.73. The van der Waals surface area contributed by atoms with Crippen molar-refractivity contribution in [3.05, 3.63) is 30.3 Å². The summed E-state index contributed by atoms with van der Waals surface area (Å²) >= 11 is 0. The standard InChI is InChI=1S/C11H17NO3S/c1-2-12(9-6-10-13)16(14,15)11-7-4-3-5-8-11/h3-5,7-8,13H,2,6,9-10H2,1H3. The number of sulfonamides is 1. The summed E-state index contributed by atoms with van der Waals surface area (Å²) in [7, 11) is -3.40. The molecule has 0 amide bonds. The predicted octanol–water partition coefficient (Wildman–Crippen LogP) is 1.08. The van der Waals surface area contributed by atoms with E-state index < -0.39 is 10.0 Å². The van der Waals surface area contributed by atoms with Crippen LogP contribution in [0.25, 0.3) is 0 Å². The molecule has 0 fully saturated rings. The first-order chi connectivity index (χ1) is 7.62. The second kappa shape index (κ2) is 5.98. The smallest absolute Gasteiger partial charge is 0.243 e. The van der Waals surface area contributed by atoms with Crippen LogP contribution in [0.3, 0.4) is 0 Å². The molecule has 0 unspecified atom stereocenters. The van der Waals surface area contributed by atoms with Gasteiger partial charge in [0.1, 0.15) is 0 Å². The topological polar surface area (TPSA) is 57.6 Å². The molecule has 4 nitrogen and oxygen atoms in total. The molecule has 0 atom stereocenters. The maximum Gasteiger partial charge on any atom is 0.243 e. The first kappa shape index (κ1) is 13.2. The van der Waals surface area contributed by atoms with Crippen LogP contribution in [-0.4, -0.2) is 37.5 Å². The van der Waals surface area contributed by atoms with Gasteiger partial charge in [0.25, 0.3) is 0 Å². The number of aliphatic hydroxyl groups is 1. The Kier molecular flexibility index (Phi) is 4.92. The van der Waals surface area contributed by atoms with Gasteiger partial charge in [-0.2, -0.15) is 4.31 Å². The third-order valence-corrected chi connectivity index (χ3v) is 4.29. The number of nitrogens with zero attached hydrogens (tertiary/aromatic N) is 1. The molecule has 1 rings (SSSR count). The maximum absolute atomic E-state index is 12.1. The van der Waals surface area contributed by atoms with E-state index in [1.165, 1.54) is 4.31 Å². The van der Waals surface area contributed by atoms with Gasteiger partial charge in [0.15, 0.2) is 0 Å². The van der Waals surface area contributed by atoms with Crippen LogP contribution in [0.5, 0.6) is 0 Å². The van der Waals surface area contributed by atoms with E-state index in [-0.39, 0.29) is 6.61 Å². The molecule has 0 heterocycles. The molecule has 0 aromatic heterocycles. The van der Waals surface area contributed by atoms with E-state index >= 15 is 0 Å². The number of benzene rings is 1. The Morgan fingerprint density at radius 1 is 1.25 bits per heavy atom. The molecule has 0 aliphatic carbocycles. The van der Waals surface area contributed by atoms with Crippen LogP contribution in [0.2, 0.25) is 0 Å². The number of aliphatic hydroxyl groups excluding tert-OH is 1. The third-order valence-electron chi connectivity index (χ3n) is 2.30. The number of rotatable bonds is 6. The summed E-state index contributed by atoms with van der Waals surface area (Å²) in [6, 6.07) is 8.34. The summed E-state index contributed by atoms with van der Waals surface area (Å²) in [5, 5.41) is 8.73. The molecule has 0 bridgehead atoms. The minimum atomic E-state index is -3.40. The van der Waals surface area contributed by atoms with E-state index in [4.69, 9.17) is 5.11 Å². The molecule has 0 radical (unpaired) electrons. The fourth-order valence-corrected chi connectivity index (χ4v) is 2.95. The van der Waals surface area contributed by atoms with Crippen LogP contribution in [0.4, 0.5) is 0 Å². The predicted molar refractivity (Wildman–Crippen MR) is 62.6 cm³/mol. The molecule has 1 aromatic rings. The first-order valence-electron chi connectivity index (χ1n) is 5.29. The van der Waals surface area contributed by atoms with E-state index in [1.54, 1.807) is 37.3 Å². The van der Waals surface area contributed by atoms with Crippen molar-refractivity contribution in [2.75, 3.05) is 19.7 Å². The van der Waals surface area contributed by atoms with Crippen molar-refractivity contribution < 1.29 is 13.5 Å². The van der Waals surface area contributed by atoms with E-state index in [1.807, 2.05) is 0 Å². The normalized spacial score (nSPS) is 11.9. The van der Waals surface area contributed by atoms with Crippen molar-refractivity contribution >= 4 is 10.0 Å². The quantitative estimate of drug-likeness (QED) is 0.813. The zero-order valence-corrected chi connectivity index (χ0v) is 10.2. The second-order valence-corrected chi connectivity index (χ2v) is 5.32. The van der Waals surface area contributed by atoms with Crippen LogP contribution >= 0.6 is 0 Å². The highest BCUT2D eigenvalue weighted by Crippen LogP contribution is 2.14. The van der Waals surface area contributed by atoms with Crippen LogP contribution in [0.1, 0.15) is 13.3 Å². The van der Waals surface area contributed by atoms with Crippen molar-refractivity contribution in [2.45, 2.75) is 18.2 Å². The molecule has 0 spiro atoms. The van der Waals surface area contributed by atoms with Gasteiger partial charge >= 0.3 is 0 Å². The van der Waals surface area contributed by atoms with Gasteiger partial charge in [0.2, 0.25) is 10.0 Å². The SMILES string of the molecule is CCN(CCCO)S(=O)(=O)c1ccccc1. The summed E-state index contributed by atoms with van der Waals surface area (Å²) < 4.78 is 25.6. The Morgan fingerprint density at radius 2 is 1.88 bits per heavy atom. The average Bonchev–Trinajstić information content (AvgIpc) is 2.31. The van der Waals surface area contributed by atoms with Crippen molar-refractivity contribution in [1.29, 1.82) is 0 Å². The molecule has 1 N–H and O–H groups in total. The van der Waals surface area contributed by atoms with Crippen molar-refractivity contribution in [3.63, 3.8) is 0 Å². The van der Waals surface area contributed by atoms with Gasteiger partial charge < -0.3 is 5.11 Å². The Balaban J connectivity index is 2.91. The van der Waals surface area contributed by atoms with Gasteiger partial charge in [-0.25, -0.2) is 8.42 Å². The molecule has 90 valence electrons. The summed E-state index contributed by atoms with van der Waals surface area (Å²) in [5.74, 6) is 0. The summed E-state index contributed by atoms with van der Waals surface area (Å²) in [6.45, 7) is 2.56. The Labute approximate surface area is 96.6 Å². The van der Waals surface area contributed by atoms with E-state index in [9.17, 15) is 8.42 Å². The van der Waals surface area contributed by atoms with Gasteiger partial charge in [-0.05, 0) is 18.6 Å². The van der Waals surface area contributed by atoms with Gasteiger partial charge in [-0.15, -0.1) is 0 Å². The van der Waals surface area contributed by atoms with E-state index in [0.717, 1.165) is 0 Å². The fourth-order valence-electron chi connectivity index (χ4n) is 1.44. The Hall–Kier alpha value is -0.910. The zero-order valence-electron chi connectivity index (χ0n) is 9.33. The van der Waals surface area contributed by atoms with Crippen LogP contribution in [0, 0.1) is 0 Å². The third kappa shape index (κ3) is 3.04. The monoisotopic (exact) mass is 243 g/mol. The molecule has 0 saturated heterocycles. The van der Waals surface area contributed by atoms with Crippen LogP contribution in [-0.2, 0) is 10.0 Å². The lowest BCUT2D eigenvalue weighted by atomic mass is 10.4. The molecular weight excluding hydrogens is 226 g/mol. The zero-order chi connectivity index (χ0) is 12.0. The van der Waals surface area contributed by atoms with Crippen LogP contribution in [0.15, 0.2) is 35.2 Å². The average molecular weight is 243 g/mol. The number of hydrogen-bond donors (Lipinski definition) is 1. The molecule has 16 heavy (non-hydrogen) atoms. The maximum atomic E-state index is 12.1. The highest BCUT2D eigenvalue weighted by molar-refractivity contribution is 7.89. The van der Waals surface area contributed by atoms with Crippen molar-refractivity contribution in [2.24, 2.45) is 0 Å². The van der Waals surface area contributed by atoms with Crippen molar-refractivity contribution in [3.8, 4) is 0 Å².